The molecule has 6 nitrogen and oxygen atoms in total. The molecule has 1 saturated carbocycles. The average Bonchev–Trinajstić information content (AvgIpc) is 3.40. The first-order valence-electron chi connectivity index (χ1n) is 8.83. The maximum Gasteiger partial charge on any atom is 0.223 e. The second kappa shape index (κ2) is 7.09. The van der Waals surface area contributed by atoms with Crippen LogP contribution < -0.4 is 5.32 Å². The quantitative estimate of drug-likeness (QED) is 0.779. The van der Waals surface area contributed by atoms with Crippen molar-refractivity contribution in [1.29, 1.82) is 0 Å². The first-order valence-corrected chi connectivity index (χ1v) is 9.24. The molecule has 2 aliphatic rings. The lowest BCUT2D eigenvalue weighted by molar-refractivity contribution is -0.124. The van der Waals surface area contributed by atoms with Crippen LogP contribution in [-0.4, -0.2) is 33.8 Å². The van der Waals surface area contributed by atoms with Gasteiger partial charge in [0.25, 0.3) is 0 Å². The summed E-state index contributed by atoms with van der Waals surface area (Å²) in [5.74, 6) is 1.55. The van der Waals surface area contributed by atoms with Gasteiger partial charge in [0.2, 0.25) is 5.91 Å². The highest BCUT2D eigenvalue weighted by Gasteiger charge is 2.29. The molecule has 4 rings (SSSR count). The Morgan fingerprint density at radius 3 is 3.08 bits per heavy atom. The number of hydrogen-bond acceptors (Lipinski definition) is 4. The molecule has 1 aromatic heterocycles. The van der Waals surface area contributed by atoms with E-state index in [2.05, 4.69) is 27.6 Å². The number of benzene rings is 1. The van der Waals surface area contributed by atoms with E-state index in [4.69, 9.17) is 17.0 Å². The van der Waals surface area contributed by atoms with E-state index in [0.717, 1.165) is 17.8 Å². The zero-order valence-corrected chi connectivity index (χ0v) is 14.8. The average molecular weight is 358 g/mol. The molecule has 1 aliphatic heterocycles. The molecule has 1 aliphatic carbocycles. The number of nitrogens with one attached hydrogen (secondary N) is 2. The Hall–Kier alpha value is -1.99. The number of aromatic nitrogens is 3. The van der Waals surface area contributed by atoms with Crippen molar-refractivity contribution < 1.29 is 9.53 Å². The molecule has 0 saturated heterocycles. The Balaban J connectivity index is 1.32. The number of H-pyrrole nitrogens is 1. The van der Waals surface area contributed by atoms with E-state index < -0.39 is 0 Å². The summed E-state index contributed by atoms with van der Waals surface area (Å²) < 4.78 is 8.43. The SMILES string of the molecule is O=C(CC1OCCc2ccccc21)NCCn1c(C2CC2)n[nH]c1=S. The van der Waals surface area contributed by atoms with Crippen molar-refractivity contribution in [3.05, 3.63) is 46.0 Å². The third-order valence-electron chi connectivity index (χ3n) is 4.85. The summed E-state index contributed by atoms with van der Waals surface area (Å²) in [5, 5.41) is 10.1. The molecule has 132 valence electrons. The van der Waals surface area contributed by atoms with Crippen LogP contribution >= 0.6 is 12.2 Å². The van der Waals surface area contributed by atoms with Gasteiger partial charge in [-0.3, -0.25) is 9.89 Å². The topological polar surface area (TPSA) is 71.9 Å². The first-order chi connectivity index (χ1) is 12.2. The van der Waals surface area contributed by atoms with Gasteiger partial charge in [-0.05, 0) is 42.6 Å². The van der Waals surface area contributed by atoms with Crippen molar-refractivity contribution in [1.82, 2.24) is 20.1 Å². The summed E-state index contributed by atoms with van der Waals surface area (Å²) in [6, 6.07) is 8.20. The summed E-state index contributed by atoms with van der Waals surface area (Å²) >= 11 is 5.29. The maximum absolute atomic E-state index is 12.3. The lowest BCUT2D eigenvalue weighted by Crippen LogP contribution is -2.30. The highest BCUT2D eigenvalue weighted by atomic mass is 32.1. The highest BCUT2D eigenvalue weighted by Crippen LogP contribution is 2.38. The van der Waals surface area contributed by atoms with Crippen molar-refractivity contribution in [2.45, 2.75) is 44.2 Å². The maximum atomic E-state index is 12.3. The zero-order valence-electron chi connectivity index (χ0n) is 14.0. The third kappa shape index (κ3) is 3.67. The normalized spacial score (nSPS) is 19.4. The van der Waals surface area contributed by atoms with Gasteiger partial charge in [0.05, 0.1) is 19.1 Å². The molecule has 1 atom stereocenters. The molecule has 25 heavy (non-hydrogen) atoms. The highest BCUT2D eigenvalue weighted by molar-refractivity contribution is 7.71. The molecule has 0 radical (unpaired) electrons. The number of aromatic amines is 1. The van der Waals surface area contributed by atoms with Gasteiger partial charge in [-0.25, -0.2) is 0 Å². The second-order valence-electron chi connectivity index (χ2n) is 6.68. The van der Waals surface area contributed by atoms with Gasteiger partial charge in [-0.2, -0.15) is 5.10 Å². The number of carbonyl (C=O) groups is 1. The lowest BCUT2D eigenvalue weighted by Gasteiger charge is -2.25. The molecule has 7 heteroatoms. The summed E-state index contributed by atoms with van der Waals surface area (Å²) in [5.41, 5.74) is 2.42. The van der Waals surface area contributed by atoms with E-state index in [-0.39, 0.29) is 12.0 Å². The minimum absolute atomic E-state index is 0.00434. The van der Waals surface area contributed by atoms with E-state index in [1.54, 1.807) is 0 Å². The van der Waals surface area contributed by atoms with Crippen molar-refractivity contribution >= 4 is 18.1 Å². The first kappa shape index (κ1) is 16.5. The van der Waals surface area contributed by atoms with Crippen LogP contribution in [0, 0.1) is 4.77 Å². The minimum Gasteiger partial charge on any atom is -0.373 e. The van der Waals surface area contributed by atoms with Gasteiger partial charge in [0.1, 0.15) is 5.82 Å². The molecule has 1 unspecified atom stereocenters. The van der Waals surface area contributed by atoms with Crippen molar-refractivity contribution in [2.24, 2.45) is 0 Å². The van der Waals surface area contributed by atoms with E-state index in [1.807, 2.05) is 16.7 Å². The molecule has 0 spiro atoms. The van der Waals surface area contributed by atoms with Gasteiger partial charge >= 0.3 is 0 Å². The van der Waals surface area contributed by atoms with Crippen LogP contribution in [0.4, 0.5) is 0 Å². The minimum atomic E-state index is -0.150. The molecule has 1 aromatic carbocycles. The molecule has 2 aromatic rings. The molecule has 2 heterocycles. The zero-order chi connectivity index (χ0) is 17.2. The van der Waals surface area contributed by atoms with E-state index in [1.165, 1.54) is 18.4 Å². The van der Waals surface area contributed by atoms with E-state index in [0.29, 0.717) is 36.8 Å². The van der Waals surface area contributed by atoms with Gasteiger partial charge in [-0.15, -0.1) is 0 Å². The van der Waals surface area contributed by atoms with Crippen LogP contribution in [0.2, 0.25) is 0 Å². The molecule has 0 bridgehead atoms. The fourth-order valence-electron chi connectivity index (χ4n) is 3.39. The molecule has 1 fully saturated rings. The van der Waals surface area contributed by atoms with Gasteiger partial charge in [-0.1, -0.05) is 24.3 Å². The van der Waals surface area contributed by atoms with Gasteiger partial charge < -0.3 is 14.6 Å². The fraction of sp³-hybridized carbons (Fsp3) is 0.500. The van der Waals surface area contributed by atoms with E-state index in [9.17, 15) is 4.79 Å². The Labute approximate surface area is 151 Å². The van der Waals surface area contributed by atoms with Crippen LogP contribution in [0.5, 0.6) is 0 Å². The largest absolute Gasteiger partial charge is 0.373 e. The third-order valence-corrected chi connectivity index (χ3v) is 5.16. The summed E-state index contributed by atoms with van der Waals surface area (Å²) in [6.45, 7) is 1.86. The monoisotopic (exact) mass is 358 g/mol. The van der Waals surface area contributed by atoms with Crippen molar-refractivity contribution in [2.75, 3.05) is 13.2 Å². The number of rotatable bonds is 6. The predicted octanol–water partition coefficient (Wildman–Crippen LogP) is 2.64. The van der Waals surface area contributed by atoms with E-state index >= 15 is 0 Å². The van der Waals surface area contributed by atoms with Crippen LogP contribution in [-0.2, 0) is 22.5 Å². The standard InChI is InChI=1S/C18H22N4O2S/c23-16(11-15-14-4-2-1-3-12(14)7-10-24-15)19-8-9-22-17(13-5-6-13)20-21-18(22)25/h1-4,13,15H,5-11H2,(H,19,23)(H,21,25). The number of fused-ring (bicyclic) bond motifs is 1. The van der Waals surface area contributed by atoms with Gasteiger partial charge in [0, 0.05) is 19.0 Å². The van der Waals surface area contributed by atoms with Crippen LogP contribution in [0.1, 0.15) is 48.2 Å². The summed E-state index contributed by atoms with van der Waals surface area (Å²) in [7, 11) is 0. The lowest BCUT2D eigenvalue weighted by atomic mass is 9.96. The number of amides is 1. The Morgan fingerprint density at radius 1 is 1.40 bits per heavy atom. The smallest absolute Gasteiger partial charge is 0.223 e. The van der Waals surface area contributed by atoms with Crippen LogP contribution in [0.25, 0.3) is 0 Å². The Bertz CT molecular complexity index is 824. The Kier molecular flexibility index (Phi) is 4.67. The van der Waals surface area contributed by atoms with Crippen molar-refractivity contribution in [3.63, 3.8) is 0 Å². The number of carbonyl (C=O) groups excluding carboxylic acids is 1. The molecule has 1 amide bonds. The number of nitrogens with zero attached hydrogens (tertiary/aromatic N) is 2. The predicted molar refractivity (Wildman–Crippen MR) is 95.9 cm³/mol. The molecular weight excluding hydrogens is 336 g/mol. The van der Waals surface area contributed by atoms with Gasteiger partial charge in [0.15, 0.2) is 4.77 Å². The van der Waals surface area contributed by atoms with Crippen LogP contribution in [0.15, 0.2) is 24.3 Å². The summed E-state index contributed by atoms with van der Waals surface area (Å²) in [4.78, 5) is 12.3. The fourth-order valence-corrected chi connectivity index (χ4v) is 3.62. The second-order valence-corrected chi connectivity index (χ2v) is 7.06. The Morgan fingerprint density at radius 2 is 2.24 bits per heavy atom. The van der Waals surface area contributed by atoms with Crippen LogP contribution in [0.3, 0.4) is 0 Å². The molecular formula is C18H22N4O2S. The number of ether oxygens (including phenoxy) is 1. The molecule has 2 N–H and O–H groups in total. The van der Waals surface area contributed by atoms with Crippen molar-refractivity contribution in [3.8, 4) is 0 Å². The number of hydrogen-bond donors (Lipinski definition) is 2. The summed E-state index contributed by atoms with van der Waals surface area (Å²) in [6.07, 6.45) is 3.46.